The second-order valence-electron chi connectivity index (χ2n) is 3.86. The molecule has 0 radical (unpaired) electrons. The van der Waals surface area contributed by atoms with Crippen LogP contribution in [0.4, 0.5) is 11.4 Å². The van der Waals surface area contributed by atoms with Crippen LogP contribution in [0.3, 0.4) is 0 Å². The molecule has 76 valence electrons. The third kappa shape index (κ3) is 1.44. The molecular formula is C11H16N2O. The maximum Gasteiger partial charge on any atom is 0.0702 e. The normalized spacial score (nSPS) is 24.8. The summed E-state index contributed by atoms with van der Waals surface area (Å²) in [5, 5.41) is 16.0. The van der Waals surface area contributed by atoms with E-state index in [1.807, 2.05) is 18.2 Å². The summed E-state index contributed by atoms with van der Waals surface area (Å²) in [6, 6.07) is 6.73. The molecule has 0 spiro atoms. The van der Waals surface area contributed by atoms with Gasteiger partial charge in [0.1, 0.15) is 0 Å². The second-order valence-corrected chi connectivity index (χ2v) is 3.86. The molecule has 0 fully saturated rings. The van der Waals surface area contributed by atoms with E-state index in [2.05, 4.69) is 24.5 Å². The van der Waals surface area contributed by atoms with Gasteiger partial charge in [0.25, 0.3) is 0 Å². The largest absolute Gasteiger partial charge is 0.392 e. The summed E-state index contributed by atoms with van der Waals surface area (Å²) in [7, 11) is 0. The molecule has 1 aliphatic rings. The number of aliphatic hydroxyl groups is 1. The molecule has 14 heavy (non-hydrogen) atoms. The van der Waals surface area contributed by atoms with Crippen molar-refractivity contribution in [1.29, 1.82) is 0 Å². The number of hydrogen-bond donors (Lipinski definition) is 3. The summed E-state index contributed by atoms with van der Waals surface area (Å²) in [5.74, 6) is 0. The lowest BCUT2D eigenvalue weighted by Crippen LogP contribution is -2.39. The van der Waals surface area contributed by atoms with Crippen molar-refractivity contribution >= 4 is 11.4 Å². The highest BCUT2D eigenvalue weighted by Gasteiger charge is 2.21. The maximum atomic E-state index is 9.18. The quantitative estimate of drug-likeness (QED) is 0.635. The van der Waals surface area contributed by atoms with E-state index in [-0.39, 0.29) is 6.61 Å². The highest BCUT2D eigenvalue weighted by molar-refractivity contribution is 5.75. The molecular weight excluding hydrogens is 176 g/mol. The van der Waals surface area contributed by atoms with E-state index >= 15 is 0 Å². The summed E-state index contributed by atoms with van der Waals surface area (Å²) in [6.45, 7) is 4.36. The molecule has 2 atom stereocenters. The monoisotopic (exact) mass is 192 g/mol. The van der Waals surface area contributed by atoms with Crippen molar-refractivity contribution in [3.05, 3.63) is 23.8 Å². The summed E-state index contributed by atoms with van der Waals surface area (Å²) in [6.07, 6.45) is 0. The topological polar surface area (TPSA) is 44.3 Å². The van der Waals surface area contributed by atoms with Gasteiger partial charge in [-0.1, -0.05) is 12.1 Å². The fraction of sp³-hybridized carbons (Fsp3) is 0.455. The zero-order valence-corrected chi connectivity index (χ0v) is 8.54. The number of rotatable bonds is 1. The summed E-state index contributed by atoms with van der Waals surface area (Å²) in [5.41, 5.74) is 3.08. The molecule has 0 amide bonds. The smallest absolute Gasteiger partial charge is 0.0702 e. The Balaban J connectivity index is 2.41. The van der Waals surface area contributed by atoms with Gasteiger partial charge in [-0.3, -0.25) is 0 Å². The van der Waals surface area contributed by atoms with Crippen LogP contribution in [0, 0.1) is 0 Å². The Morgan fingerprint density at radius 2 is 1.93 bits per heavy atom. The Morgan fingerprint density at radius 1 is 1.21 bits per heavy atom. The molecule has 0 bridgehead atoms. The number of nitrogens with one attached hydrogen (secondary N) is 2. The van der Waals surface area contributed by atoms with Crippen molar-refractivity contribution in [3.63, 3.8) is 0 Å². The van der Waals surface area contributed by atoms with Gasteiger partial charge >= 0.3 is 0 Å². The molecule has 0 saturated heterocycles. The van der Waals surface area contributed by atoms with Gasteiger partial charge in [0.2, 0.25) is 0 Å². The van der Waals surface area contributed by atoms with Crippen LogP contribution in [0.25, 0.3) is 0 Å². The number of anilines is 2. The van der Waals surface area contributed by atoms with Gasteiger partial charge < -0.3 is 15.7 Å². The van der Waals surface area contributed by atoms with Crippen LogP contribution in [0.15, 0.2) is 18.2 Å². The minimum atomic E-state index is 0.0823. The van der Waals surface area contributed by atoms with Crippen LogP contribution in [-0.2, 0) is 6.61 Å². The van der Waals surface area contributed by atoms with Crippen molar-refractivity contribution in [1.82, 2.24) is 0 Å². The maximum absolute atomic E-state index is 9.18. The number of fused-ring (bicyclic) bond motifs is 1. The van der Waals surface area contributed by atoms with Gasteiger partial charge in [-0.15, -0.1) is 0 Å². The average molecular weight is 192 g/mol. The van der Waals surface area contributed by atoms with Gasteiger partial charge in [0.05, 0.1) is 18.0 Å². The third-order valence-electron chi connectivity index (χ3n) is 2.83. The molecule has 0 saturated carbocycles. The molecule has 1 aliphatic heterocycles. The summed E-state index contributed by atoms with van der Waals surface area (Å²) < 4.78 is 0. The first-order valence-electron chi connectivity index (χ1n) is 4.98. The molecule has 1 aromatic carbocycles. The number of hydrogen-bond acceptors (Lipinski definition) is 3. The number of para-hydroxylation sites is 1. The Bertz CT molecular complexity index is 338. The molecule has 0 aliphatic carbocycles. The van der Waals surface area contributed by atoms with E-state index in [1.165, 1.54) is 0 Å². The Labute approximate surface area is 84.1 Å². The zero-order valence-electron chi connectivity index (χ0n) is 8.54. The predicted molar refractivity (Wildman–Crippen MR) is 58.5 cm³/mol. The molecule has 3 nitrogen and oxygen atoms in total. The highest BCUT2D eigenvalue weighted by atomic mass is 16.3. The lowest BCUT2D eigenvalue weighted by molar-refractivity contribution is 0.282. The molecule has 2 unspecified atom stereocenters. The fourth-order valence-electron chi connectivity index (χ4n) is 1.75. The van der Waals surface area contributed by atoms with Gasteiger partial charge in [-0.25, -0.2) is 0 Å². The number of benzene rings is 1. The fourth-order valence-corrected chi connectivity index (χ4v) is 1.75. The molecule has 3 heteroatoms. The van der Waals surface area contributed by atoms with Crippen LogP contribution in [0.1, 0.15) is 19.4 Å². The molecule has 1 aromatic rings. The third-order valence-corrected chi connectivity index (χ3v) is 2.83. The van der Waals surface area contributed by atoms with Crippen molar-refractivity contribution in [2.24, 2.45) is 0 Å². The van der Waals surface area contributed by atoms with Crippen LogP contribution in [0.2, 0.25) is 0 Å². The number of aliphatic hydroxyl groups excluding tert-OH is 1. The van der Waals surface area contributed by atoms with Crippen LogP contribution in [0.5, 0.6) is 0 Å². The van der Waals surface area contributed by atoms with Crippen molar-refractivity contribution in [3.8, 4) is 0 Å². The van der Waals surface area contributed by atoms with Gasteiger partial charge in [-0.05, 0) is 19.9 Å². The van der Waals surface area contributed by atoms with Crippen LogP contribution >= 0.6 is 0 Å². The molecule has 0 aromatic heterocycles. The van der Waals surface area contributed by atoms with E-state index in [1.54, 1.807) is 0 Å². The van der Waals surface area contributed by atoms with Gasteiger partial charge in [-0.2, -0.15) is 0 Å². The minimum absolute atomic E-state index is 0.0823. The zero-order chi connectivity index (χ0) is 10.1. The predicted octanol–water partition coefficient (Wildman–Crippen LogP) is 1.79. The Morgan fingerprint density at radius 3 is 2.64 bits per heavy atom. The first kappa shape index (κ1) is 9.34. The van der Waals surface area contributed by atoms with E-state index in [9.17, 15) is 5.11 Å². The van der Waals surface area contributed by atoms with E-state index in [0.29, 0.717) is 12.1 Å². The second kappa shape index (κ2) is 3.50. The van der Waals surface area contributed by atoms with Gasteiger partial charge in [0.15, 0.2) is 0 Å². The van der Waals surface area contributed by atoms with E-state index in [0.717, 1.165) is 16.9 Å². The SMILES string of the molecule is CC1Nc2cccc(CO)c2NC1C. The van der Waals surface area contributed by atoms with Crippen LogP contribution in [-0.4, -0.2) is 17.2 Å². The van der Waals surface area contributed by atoms with Crippen molar-refractivity contribution in [2.45, 2.75) is 32.5 Å². The van der Waals surface area contributed by atoms with E-state index in [4.69, 9.17) is 0 Å². The van der Waals surface area contributed by atoms with E-state index < -0.39 is 0 Å². The Kier molecular flexibility index (Phi) is 2.33. The first-order valence-corrected chi connectivity index (χ1v) is 4.98. The lowest BCUT2D eigenvalue weighted by Gasteiger charge is -2.33. The molecule has 3 N–H and O–H groups in total. The average Bonchev–Trinajstić information content (AvgIpc) is 2.19. The van der Waals surface area contributed by atoms with Crippen LogP contribution < -0.4 is 10.6 Å². The highest BCUT2D eigenvalue weighted by Crippen LogP contribution is 2.31. The molecule has 1 heterocycles. The standard InChI is InChI=1S/C11H16N2O/c1-7-8(2)13-11-9(6-14)4-3-5-10(11)12-7/h3-5,7-8,12-14H,6H2,1-2H3. The van der Waals surface area contributed by atoms with Crippen molar-refractivity contribution in [2.75, 3.05) is 10.6 Å². The molecule has 2 rings (SSSR count). The summed E-state index contributed by atoms with van der Waals surface area (Å²) >= 11 is 0. The lowest BCUT2D eigenvalue weighted by atomic mass is 10.0. The summed E-state index contributed by atoms with van der Waals surface area (Å²) in [4.78, 5) is 0. The minimum Gasteiger partial charge on any atom is -0.392 e. The van der Waals surface area contributed by atoms with Crippen molar-refractivity contribution < 1.29 is 5.11 Å². The van der Waals surface area contributed by atoms with Gasteiger partial charge in [0, 0.05) is 17.6 Å². The Hall–Kier alpha value is -1.22. The first-order chi connectivity index (χ1) is 6.72.